The van der Waals surface area contributed by atoms with E-state index < -0.39 is 0 Å². The van der Waals surface area contributed by atoms with Gasteiger partial charge in [0.15, 0.2) is 0 Å². The van der Waals surface area contributed by atoms with E-state index >= 15 is 0 Å². The molecule has 0 amide bonds. The maximum absolute atomic E-state index is 12.6. The first-order chi connectivity index (χ1) is 6.33. The van der Waals surface area contributed by atoms with Crippen LogP contribution in [-0.2, 0) is 0 Å². The van der Waals surface area contributed by atoms with Crippen molar-refractivity contribution in [1.29, 1.82) is 0 Å². The molecule has 0 aliphatic heterocycles. The van der Waals surface area contributed by atoms with Gasteiger partial charge in [0.2, 0.25) is 0 Å². The Morgan fingerprint density at radius 1 is 1.69 bits per heavy atom. The van der Waals surface area contributed by atoms with E-state index in [0.717, 1.165) is 0 Å². The van der Waals surface area contributed by atoms with E-state index in [1.165, 1.54) is 18.3 Å². The van der Waals surface area contributed by atoms with Crippen molar-refractivity contribution in [2.75, 3.05) is 6.54 Å². The van der Waals surface area contributed by atoms with Gasteiger partial charge < -0.3 is 0 Å². The normalized spacial score (nSPS) is 8.08. The van der Waals surface area contributed by atoms with Gasteiger partial charge in [0, 0.05) is 17.2 Å². The number of aromatic nitrogens is 1. The van der Waals surface area contributed by atoms with Crippen molar-refractivity contribution in [2.45, 2.75) is 0 Å². The van der Waals surface area contributed by atoms with Crippen molar-refractivity contribution in [3.05, 3.63) is 40.3 Å². The lowest BCUT2D eigenvalue weighted by Crippen LogP contribution is -1.83. The number of azide groups is 1. The van der Waals surface area contributed by atoms with Crippen LogP contribution < -0.4 is 0 Å². The maximum atomic E-state index is 12.6. The Morgan fingerprint density at radius 2 is 2.54 bits per heavy atom. The van der Waals surface area contributed by atoms with E-state index in [9.17, 15) is 4.39 Å². The Balaban J connectivity index is 2.71. The lowest BCUT2D eigenvalue weighted by molar-refractivity contribution is 0.625. The zero-order chi connectivity index (χ0) is 9.52. The second-order valence-corrected chi connectivity index (χ2v) is 2.05. The minimum absolute atomic E-state index is 0.0642. The Bertz CT molecular complexity index is 398. The lowest BCUT2D eigenvalue weighted by Gasteiger charge is -1.87. The van der Waals surface area contributed by atoms with Crippen LogP contribution in [0.4, 0.5) is 4.39 Å². The largest absolute Gasteiger partial charge is 0.248 e. The molecule has 4 nitrogen and oxygen atoms in total. The summed E-state index contributed by atoms with van der Waals surface area (Å²) in [6.07, 6.45) is 1.33. The molecule has 64 valence electrons. The summed E-state index contributed by atoms with van der Waals surface area (Å²) in [4.78, 5) is 6.30. The highest BCUT2D eigenvalue weighted by Crippen LogP contribution is 1.96. The maximum Gasteiger partial charge on any atom is 0.127 e. The molecule has 0 bridgehead atoms. The molecule has 0 spiro atoms. The zero-order valence-corrected chi connectivity index (χ0v) is 6.61. The number of rotatable bonds is 1. The summed E-state index contributed by atoms with van der Waals surface area (Å²) in [5.41, 5.74) is 8.25. The summed E-state index contributed by atoms with van der Waals surface area (Å²) in [5.74, 6) is 4.70. The summed E-state index contributed by atoms with van der Waals surface area (Å²) < 4.78 is 12.6. The highest BCUT2D eigenvalue weighted by molar-refractivity contribution is 5.27. The number of halogens is 1. The average molecular weight is 176 g/mol. The molecule has 5 heteroatoms. The summed E-state index contributed by atoms with van der Waals surface area (Å²) in [6.45, 7) is 0.0642. The van der Waals surface area contributed by atoms with Gasteiger partial charge in [-0.15, -0.1) is 0 Å². The average Bonchev–Trinajstić information content (AvgIpc) is 2.13. The minimum Gasteiger partial charge on any atom is -0.248 e. The van der Waals surface area contributed by atoms with Crippen molar-refractivity contribution < 1.29 is 4.39 Å². The molecule has 1 rings (SSSR count). The topological polar surface area (TPSA) is 61.7 Å². The first-order valence-corrected chi connectivity index (χ1v) is 3.44. The van der Waals surface area contributed by atoms with E-state index in [2.05, 4.69) is 26.9 Å². The van der Waals surface area contributed by atoms with Crippen LogP contribution in [0.1, 0.15) is 5.69 Å². The molecule has 0 saturated heterocycles. The summed E-state index contributed by atoms with van der Waals surface area (Å²) >= 11 is 0. The molecule has 1 aromatic heterocycles. The first-order valence-electron chi connectivity index (χ1n) is 3.44. The minimum atomic E-state index is -0.386. The molecule has 0 N–H and O–H groups in total. The number of hydrogen-bond acceptors (Lipinski definition) is 2. The molecule has 0 aliphatic rings. The van der Waals surface area contributed by atoms with Gasteiger partial charge >= 0.3 is 0 Å². The van der Waals surface area contributed by atoms with E-state index in [-0.39, 0.29) is 12.4 Å². The third-order valence-electron chi connectivity index (χ3n) is 1.15. The van der Waals surface area contributed by atoms with Crippen LogP contribution >= 0.6 is 0 Å². The van der Waals surface area contributed by atoms with Crippen LogP contribution in [-0.4, -0.2) is 11.5 Å². The molecular weight excluding hydrogens is 171 g/mol. The second-order valence-electron chi connectivity index (χ2n) is 2.05. The highest BCUT2D eigenvalue weighted by Gasteiger charge is 1.90. The van der Waals surface area contributed by atoms with Crippen LogP contribution in [0.5, 0.6) is 0 Å². The van der Waals surface area contributed by atoms with Crippen LogP contribution in [0.15, 0.2) is 23.4 Å². The molecule has 0 atom stereocenters. The quantitative estimate of drug-likeness (QED) is 0.279. The fourth-order valence-corrected chi connectivity index (χ4v) is 0.670. The van der Waals surface area contributed by atoms with Crippen LogP contribution in [0.25, 0.3) is 10.4 Å². The van der Waals surface area contributed by atoms with E-state index in [4.69, 9.17) is 5.53 Å². The van der Waals surface area contributed by atoms with Crippen molar-refractivity contribution >= 4 is 0 Å². The van der Waals surface area contributed by atoms with Crippen molar-refractivity contribution in [1.82, 2.24) is 4.98 Å². The van der Waals surface area contributed by atoms with Gasteiger partial charge in [-0.2, -0.15) is 0 Å². The molecule has 1 aromatic rings. The Hall–Kier alpha value is -2.05. The Labute approximate surface area is 74.0 Å². The van der Waals surface area contributed by atoms with Crippen molar-refractivity contribution in [2.24, 2.45) is 5.11 Å². The van der Waals surface area contributed by atoms with Gasteiger partial charge in [0.1, 0.15) is 11.5 Å². The molecule has 0 saturated carbocycles. The number of hydrogen-bond donors (Lipinski definition) is 0. The summed E-state index contributed by atoms with van der Waals surface area (Å²) in [6, 6.07) is 2.45. The summed E-state index contributed by atoms with van der Waals surface area (Å²) in [5, 5.41) is 3.19. The highest BCUT2D eigenvalue weighted by atomic mass is 19.1. The standard InChI is InChI=1S/C8H5FN4/c9-7-3-5-11-8(6-7)2-1-4-12-13-10/h3,5-6H,4H2. The van der Waals surface area contributed by atoms with Gasteiger partial charge in [-0.1, -0.05) is 11.0 Å². The molecule has 0 aliphatic carbocycles. The lowest BCUT2D eigenvalue weighted by atomic mass is 10.3. The fourth-order valence-electron chi connectivity index (χ4n) is 0.670. The molecule has 0 radical (unpaired) electrons. The predicted molar refractivity (Wildman–Crippen MR) is 45.1 cm³/mol. The summed E-state index contributed by atoms with van der Waals surface area (Å²) in [7, 11) is 0. The first kappa shape index (κ1) is 9.04. The second kappa shape index (κ2) is 4.75. The van der Waals surface area contributed by atoms with Crippen LogP contribution in [0, 0.1) is 17.7 Å². The zero-order valence-electron chi connectivity index (χ0n) is 6.61. The Morgan fingerprint density at radius 3 is 3.23 bits per heavy atom. The number of pyridine rings is 1. The van der Waals surface area contributed by atoms with Gasteiger partial charge in [-0.25, -0.2) is 9.37 Å². The molecule has 0 unspecified atom stereocenters. The van der Waals surface area contributed by atoms with Gasteiger partial charge in [0.25, 0.3) is 0 Å². The molecule has 13 heavy (non-hydrogen) atoms. The molecule has 0 aromatic carbocycles. The van der Waals surface area contributed by atoms with Crippen molar-refractivity contribution in [3.63, 3.8) is 0 Å². The Kier molecular flexibility index (Phi) is 3.31. The molecule has 0 fully saturated rings. The van der Waals surface area contributed by atoms with E-state index in [0.29, 0.717) is 5.69 Å². The van der Waals surface area contributed by atoms with Crippen LogP contribution in [0.3, 0.4) is 0 Å². The van der Waals surface area contributed by atoms with Gasteiger partial charge in [0.05, 0.1) is 6.54 Å². The molecule has 1 heterocycles. The predicted octanol–water partition coefficient (Wildman–Crippen LogP) is 1.88. The van der Waals surface area contributed by atoms with Gasteiger partial charge in [-0.3, -0.25) is 0 Å². The van der Waals surface area contributed by atoms with Crippen LogP contribution in [0.2, 0.25) is 0 Å². The van der Waals surface area contributed by atoms with E-state index in [1.54, 1.807) is 0 Å². The third kappa shape index (κ3) is 3.23. The third-order valence-corrected chi connectivity index (χ3v) is 1.15. The fraction of sp³-hybridized carbons (Fsp3) is 0.125. The smallest absolute Gasteiger partial charge is 0.127 e. The molecular formula is C8H5FN4. The number of nitrogens with zero attached hydrogens (tertiary/aromatic N) is 4. The van der Waals surface area contributed by atoms with E-state index in [1.807, 2.05) is 0 Å². The van der Waals surface area contributed by atoms with Crippen molar-refractivity contribution in [3.8, 4) is 11.8 Å². The van der Waals surface area contributed by atoms with Gasteiger partial charge in [-0.05, 0) is 17.5 Å². The SMILES string of the molecule is [N-]=[N+]=NCC#Cc1cc(F)ccn1. The monoisotopic (exact) mass is 176 g/mol.